The van der Waals surface area contributed by atoms with Crippen molar-refractivity contribution < 1.29 is 0 Å². The molecule has 0 spiro atoms. The molecule has 358 valence electrons. The molecule has 2 aromatic heterocycles. The maximum absolute atomic E-state index is 5.05. The molecule has 0 bridgehead atoms. The third kappa shape index (κ3) is 8.35. The largest absolute Gasteiger partial charge is 0.308 e. The Morgan fingerprint density at radius 2 is 0.487 bits per heavy atom. The van der Waals surface area contributed by atoms with E-state index in [-0.39, 0.29) is 0 Å². The second-order valence-electron chi connectivity index (χ2n) is 18.3. The monoisotopic (exact) mass is 1010 g/mol. The van der Waals surface area contributed by atoms with Gasteiger partial charge in [-0.1, -0.05) is 193 Å². The Bertz CT molecular complexity index is 3720. The summed E-state index contributed by atoms with van der Waals surface area (Å²) < 4.78 is 0. The molecule has 0 unspecified atom stereocenters. The molecular formula is C66H42N8S2. The molecule has 10 heteroatoms. The van der Waals surface area contributed by atoms with Crippen LogP contribution >= 0.6 is 23.5 Å². The third-order valence-corrected chi connectivity index (χ3v) is 15.8. The highest BCUT2D eigenvalue weighted by molar-refractivity contribution is 8.00. The molecule has 0 fully saturated rings. The average molecular weight is 1010 g/mol. The van der Waals surface area contributed by atoms with Crippen molar-refractivity contribution in [3.63, 3.8) is 0 Å². The van der Waals surface area contributed by atoms with Crippen LogP contribution in [0.3, 0.4) is 0 Å². The van der Waals surface area contributed by atoms with Crippen LogP contribution in [0.1, 0.15) is 0 Å². The van der Waals surface area contributed by atoms with Crippen molar-refractivity contribution in [3.05, 3.63) is 255 Å². The Morgan fingerprint density at radius 3 is 0.803 bits per heavy atom. The SMILES string of the molecule is c1ccc(-c2nc(-c3ccccc3)nc(-c3ccc(N4c5ccccc5Sc5cccc(-c6cccc7c6N(c6ccc(-c8nc(-c9ccccc9)nc(-c9ccccc9)n8)cc6)c6ccccc6S7)c54)cc3)n2)cc1. The first-order valence-corrected chi connectivity index (χ1v) is 26.7. The third-order valence-electron chi connectivity index (χ3n) is 13.6. The van der Waals surface area contributed by atoms with Gasteiger partial charge in [-0.3, -0.25) is 0 Å². The van der Waals surface area contributed by atoms with Gasteiger partial charge in [-0.25, -0.2) is 29.9 Å². The summed E-state index contributed by atoms with van der Waals surface area (Å²) in [5.41, 5.74) is 14.2. The maximum Gasteiger partial charge on any atom is 0.164 e. The predicted octanol–water partition coefficient (Wildman–Crippen LogP) is 17.6. The quantitative estimate of drug-likeness (QED) is 0.139. The number of fused-ring (bicyclic) bond motifs is 4. The molecule has 0 atom stereocenters. The predicted molar refractivity (Wildman–Crippen MR) is 309 cm³/mol. The summed E-state index contributed by atoms with van der Waals surface area (Å²) in [6.07, 6.45) is 0. The standard InChI is InChI=1S/C66H42N8S2/c1-5-19-43(20-6-1)61-67-62(44-21-7-2-8-22-44)70-65(69-61)47-35-39-49(40-36-47)73-53-29-13-15-31-55(53)75-57-33-17-27-51(59(57)73)52-28-18-34-58-60(52)74(54-30-14-16-32-56(54)76-58)50-41-37-48(38-42-50)66-71-63(45-23-9-3-10-24-45)68-64(72-66)46-25-11-4-12-26-46/h1-42H. The van der Waals surface area contributed by atoms with Gasteiger partial charge in [-0.2, -0.15) is 0 Å². The van der Waals surface area contributed by atoms with E-state index in [1.54, 1.807) is 23.5 Å². The number of aromatic nitrogens is 6. The van der Waals surface area contributed by atoms with Crippen LogP contribution in [0.25, 0.3) is 79.5 Å². The zero-order chi connectivity index (χ0) is 50.4. The summed E-state index contributed by atoms with van der Waals surface area (Å²) in [4.78, 5) is 39.6. The molecule has 2 aliphatic heterocycles. The van der Waals surface area contributed by atoms with Crippen molar-refractivity contribution in [2.75, 3.05) is 9.80 Å². The van der Waals surface area contributed by atoms with Crippen molar-refractivity contribution in [2.45, 2.75) is 19.6 Å². The summed E-state index contributed by atoms with van der Waals surface area (Å²) >= 11 is 3.61. The molecule has 0 N–H and O–H groups in total. The van der Waals surface area contributed by atoms with E-state index in [1.807, 2.05) is 121 Å². The van der Waals surface area contributed by atoms with Crippen molar-refractivity contribution in [1.82, 2.24) is 29.9 Å². The Hall–Kier alpha value is -9.48. The molecule has 0 amide bonds. The van der Waals surface area contributed by atoms with Crippen molar-refractivity contribution in [3.8, 4) is 79.5 Å². The first-order valence-electron chi connectivity index (χ1n) is 25.0. The number of hydrogen-bond acceptors (Lipinski definition) is 10. The smallest absolute Gasteiger partial charge is 0.164 e. The molecule has 14 rings (SSSR count). The Labute approximate surface area is 448 Å². The minimum absolute atomic E-state index is 0.610. The van der Waals surface area contributed by atoms with Gasteiger partial charge in [0.15, 0.2) is 34.9 Å². The number of rotatable bonds is 9. The lowest BCUT2D eigenvalue weighted by Gasteiger charge is -2.37. The van der Waals surface area contributed by atoms with E-state index in [0.717, 1.165) is 88.4 Å². The average Bonchev–Trinajstić information content (AvgIpc) is 3.58. The van der Waals surface area contributed by atoms with E-state index in [4.69, 9.17) is 29.9 Å². The molecular weight excluding hydrogens is 969 g/mol. The van der Waals surface area contributed by atoms with Gasteiger partial charge in [-0.15, -0.1) is 0 Å². The number of anilines is 6. The second-order valence-corrected chi connectivity index (χ2v) is 20.5. The molecule has 10 aromatic carbocycles. The van der Waals surface area contributed by atoms with Crippen LogP contribution in [0.15, 0.2) is 274 Å². The zero-order valence-electron chi connectivity index (χ0n) is 40.6. The molecule has 12 aromatic rings. The van der Waals surface area contributed by atoms with Gasteiger partial charge in [0.05, 0.1) is 22.7 Å². The van der Waals surface area contributed by atoms with E-state index in [9.17, 15) is 0 Å². The summed E-state index contributed by atoms with van der Waals surface area (Å²) in [5.74, 6) is 3.73. The van der Waals surface area contributed by atoms with E-state index >= 15 is 0 Å². The fourth-order valence-electron chi connectivity index (χ4n) is 9.97. The van der Waals surface area contributed by atoms with Gasteiger partial charge in [-0.05, 0) is 84.9 Å². The summed E-state index contributed by atoms with van der Waals surface area (Å²) in [7, 11) is 0. The molecule has 2 aliphatic rings. The topological polar surface area (TPSA) is 83.8 Å². The molecule has 8 nitrogen and oxygen atoms in total. The maximum atomic E-state index is 5.05. The number of benzene rings is 10. The molecule has 0 saturated heterocycles. The van der Waals surface area contributed by atoms with Crippen molar-refractivity contribution >= 4 is 57.6 Å². The molecule has 0 aliphatic carbocycles. The van der Waals surface area contributed by atoms with E-state index in [2.05, 4.69) is 143 Å². The van der Waals surface area contributed by atoms with Gasteiger partial charge < -0.3 is 9.80 Å². The van der Waals surface area contributed by atoms with E-state index in [0.29, 0.717) is 34.9 Å². The molecule has 4 heterocycles. The molecule has 0 saturated carbocycles. The minimum atomic E-state index is 0.610. The summed E-state index contributed by atoms with van der Waals surface area (Å²) in [6, 6.07) is 88.5. The summed E-state index contributed by atoms with van der Waals surface area (Å²) in [5, 5.41) is 0. The fraction of sp³-hybridized carbons (Fsp3) is 0. The normalized spacial score (nSPS) is 12.3. The van der Waals surface area contributed by atoms with Crippen LogP contribution in [0.2, 0.25) is 0 Å². The Balaban J connectivity index is 0.881. The van der Waals surface area contributed by atoms with Crippen LogP contribution in [-0.2, 0) is 0 Å². The highest BCUT2D eigenvalue weighted by atomic mass is 32.2. The molecule has 0 radical (unpaired) electrons. The zero-order valence-corrected chi connectivity index (χ0v) is 42.3. The lowest BCUT2D eigenvalue weighted by molar-refractivity contribution is 1.07. The van der Waals surface area contributed by atoms with Crippen LogP contribution < -0.4 is 9.80 Å². The van der Waals surface area contributed by atoms with Gasteiger partial charge >= 0.3 is 0 Å². The van der Waals surface area contributed by atoms with Crippen molar-refractivity contribution in [1.29, 1.82) is 0 Å². The van der Waals surface area contributed by atoms with Crippen molar-refractivity contribution in [2.24, 2.45) is 0 Å². The van der Waals surface area contributed by atoms with Gasteiger partial charge in [0.2, 0.25) is 0 Å². The van der Waals surface area contributed by atoms with Crippen LogP contribution in [-0.4, -0.2) is 29.9 Å². The Morgan fingerprint density at radius 1 is 0.224 bits per heavy atom. The summed E-state index contributed by atoms with van der Waals surface area (Å²) in [6.45, 7) is 0. The number of para-hydroxylation sites is 4. The lowest BCUT2D eigenvalue weighted by Crippen LogP contribution is -2.18. The number of hydrogen-bond donors (Lipinski definition) is 0. The van der Waals surface area contributed by atoms with Crippen LogP contribution in [0.4, 0.5) is 34.1 Å². The highest BCUT2D eigenvalue weighted by Gasteiger charge is 2.33. The van der Waals surface area contributed by atoms with E-state index < -0.39 is 0 Å². The first kappa shape index (κ1) is 45.2. The van der Waals surface area contributed by atoms with Crippen LogP contribution in [0, 0.1) is 0 Å². The number of nitrogens with zero attached hydrogens (tertiary/aromatic N) is 8. The molecule has 76 heavy (non-hydrogen) atoms. The van der Waals surface area contributed by atoms with E-state index in [1.165, 1.54) is 9.79 Å². The van der Waals surface area contributed by atoms with Gasteiger partial charge in [0.1, 0.15) is 0 Å². The van der Waals surface area contributed by atoms with Gasteiger partial charge in [0, 0.05) is 75.5 Å². The Kier molecular flexibility index (Phi) is 11.5. The lowest BCUT2D eigenvalue weighted by atomic mass is 9.98. The first-order chi connectivity index (χ1) is 37.7. The second kappa shape index (κ2) is 19.4. The fourth-order valence-corrected chi connectivity index (χ4v) is 12.2. The van der Waals surface area contributed by atoms with Gasteiger partial charge in [0.25, 0.3) is 0 Å². The highest BCUT2D eigenvalue weighted by Crippen LogP contribution is 2.59. The van der Waals surface area contributed by atoms with Crippen LogP contribution in [0.5, 0.6) is 0 Å². The minimum Gasteiger partial charge on any atom is -0.308 e.